The number of hydrogen-bond donors (Lipinski definition) is 2. The Morgan fingerprint density at radius 3 is 2.76 bits per heavy atom. The molecule has 4 nitrogen and oxygen atoms in total. The molecule has 0 aliphatic heterocycles. The summed E-state index contributed by atoms with van der Waals surface area (Å²) in [5, 5.41) is 6.25. The monoisotopic (exact) mass is 331 g/mol. The number of thiazole rings is 1. The lowest BCUT2D eigenvalue weighted by Crippen LogP contribution is -2.19. The predicted molar refractivity (Wildman–Crippen MR) is 73.9 cm³/mol. The molecule has 17 heavy (non-hydrogen) atoms. The molecule has 0 aliphatic carbocycles. The van der Waals surface area contributed by atoms with E-state index in [1.54, 1.807) is 30.5 Å². The van der Waals surface area contributed by atoms with Gasteiger partial charge < -0.3 is 5.32 Å². The fourth-order valence-corrected chi connectivity index (χ4v) is 2.41. The molecule has 1 aromatic carbocycles. The van der Waals surface area contributed by atoms with Crippen molar-refractivity contribution in [2.45, 2.75) is 0 Å². The van der Waals surface area contributed by atoms with Gasteiger partial charge in [0.1, 0.15) is 0 Å². The summed E-state index contributed by atoms with van der Waals surface area (Å²) in [6.07, 6.45) is 1.62. The third-order valence-corrected chi connectivity index (χ3v) is 3.54. The van der Waals surface area contributed by atoms with Crippen molar-refractivity contribution in [1.82, 2.24) is 4.98 Å². The van der Waals surface area contributed by atoms with Crippen LogP contribution in [-0.4, -0.2) is 11.0 Å². The summed E-state index contributed by atoms with van der Waals surface area (Å²) < 4.78 is 0.852. The molecule has 0 atom stereocenters. The van der Waals surface area contributed by atoms with E-state index in [2.05, 4.69) is 31.5 Å². The van der Waals surface area contributed by atoms with Crippen LogP contribution in [0.3, 0.4) is 0 Å². The zero-order valence-electron chi connectivity index (χ0n) is 8.41. The number of carbonyl (C=O) groups is 1. The molecule has 0 saturated carbocycles. The molecular weight excluding hydrogens is 326 g/mol. The second-order valence-corrected chi connectivity index (χ2v) is 5.85. The van der Waals surface area contributed by atoms with Gasteiger partial charge >= 0.3 is 6.03 Å². The molecule has 2 aromatic rings. The Morgan fingerprint density at radius 2 is 2.12 bits per heavy atom. The van der Waals surface area contributed by atoms with E-state index in [4.69, 9.17) is 11.6 Å². The average molecular weight is 333 g/mol. The molecule has 7 heteroatoms. The Hall–Kier alpha value is -1.11. The highest BCUT2D eigenvalue weighted by atomic mass is 79.9. The summed E-state index contributed by atoms with van der Waals surface area (Å²) in [6.45, 7) is 0. The SMILES string of the molecule is O=C(Nc1ncc(Br)s1)Nc1ccccc1Cl. The first-order valence-corrected chi connectivity index (χ1v) is 6.58. The molecule has 88 valence electrons. The lowest BCUT2D eigenvalue weighted by Gasteiger charge is -2.06. The highest BCUT2D eigenvalue weighted by Gasteiger charge is 2.07. The number of nitrogens with one attached hydrogen (secondary N) is 2. The summed E-state index contributed by atoms with van der Waals surface area (Å²) in [7, 11) is 0. The Bertz CT molecular complexity index is 546. The number of nitrogens with zero attached hydrogens (tertiary/aromatic N) is 1. The second kappa shape index (κ2) is 5.48. The molecule has 0 unspecified atom stereocenters. The van der Waals surface area contributed by atoms with E-state index in [1.807, 2.05) is 0 Å². The molecule has 2 N–H and O–H groups in total. The Morgan fingerprint density at radius 1 is 1.35 bits per heavy atom. The van der Waals surface area contributed by atoms with Crippen molar-refractivity contribution in [3.05, 3.63) is 39.3 Å². The van der Waals surface area contributed by atoms with Crippen LogP contribution in [0.15, 0.2) is 34.2 Å². The van der Waals surface area contributed by atoms with Crippen molar-refractivity contribution in [3.63, 3.8) is 0 Å². The highest BCUT2D eigenvalue weighted by Crippen LogP contribution is 2.24. The first kappa shape index (κ1) is 12.3. The quantitative estimate of drug-likeness (QED) is 0.866. The number of benzene rings is 1. The van der Waals surface area contributed by atoms with Crippen molar-refractivity contribution in [2.24, 2.45) is 0 Å². The summed E-state index contributed by atoms with van der Waals surface area (Å²) in [6, 6.07) is 6.64. The minimum Gasteiger partial charge on any atom is -0.306 e. The summed E-state index contributed by atoms with van der Waals surface area (Å²) >= 11 is 10.5. The van der Waals surface area contributed by atoms with Crippen LogP contribution in [0.4, 0.5) is 15.6 Å². The van der Waals surface area contributed by atoms with Crippen LogP contribution in [0.5, 0.6) is 0 Å². The molecule has 1 aromatic heterocycles. The van der Waals surface area contributed by atoms with Crippen molar-refractivity contribution in [3.8, 4) is 0 Å². The lowest BCUT2D eigenvalue weighted by atomic mass is 10.3. The minimum absolute atomic E-state index is 0.375. The van der Waals surface area contributed by atoms with Crippen LogP contribution in [0.2, 0.25) is 5.02 Å². The zero-order valence-corrected chi connectivity index (χ0v) is 11.6. The zero-order chi connectivity index (χ0) is 12.3. The van der Waals surface area contributed by atoms with Gasteiger partial charge in [0.25, 0.3) is 0 Å². The first-order chi connectivity index (χ1) is 8.15. The molecule has 0 saturated heterocycles. The molecule has 0 spiro atoms. The number of para-hydroxylation sites is 1. The Labute approximate surface area is 115 Å². The number of aromatic nitrogens is 1. The maximum atomic E-state index is 11.6. The van der Waals surface area contributed by atoms with Gasteiger partial charge in [-0.05, 0) is 28.1 Å². The van der Waals surface area contributed by atoms with Gasteiger partial charge in [0.15, 0.2) is 5.13 Å². The maximum absolute atomic E-state index is 11.6. The van der Waals surface area contributed by atoms with Gasteiger partial charge in [0.05, 0.1) is 20.7 Å². The number of rotatable bonds is 2. The molecule has 2 rings (SSSR count). The van der Waals surface area contributed by atoms with Crippen LogP contribution < -0.4 is 10.6 Å². The Balaban J connectivity index is 2.01. The van der Waals surface area contributed by atoms with E-state index in [-0.39, 0.29) is 6.03 Å². The third kappa shape index (κ3) is 3.42. The number of halogens is 2. The van der Waals surface area contributed by atoms with E-state index in [0.717, 1.165) is 3.79 Å². The number of carbonyl (C=O) groups excluding carboxylic acids is 1. The van der Waals surface area contributed by atoms with Crippen molar-refractivity contribution < 1.29 is 4.79 Å². The van der Waals surface area contributed by atoms with Gasteiger partial charge in [-0.25, -0.2) is 9.78 Å². The number of anilines is 2. The van der Waals surface area contributed by atoms with Gasteiger partial charge in [-0.2, -0.15) is 0 Å². The van der Waals surface area contributed by atoms with E-state index >= 15 is 0 Å². The van der Waals surface area contributed by atoms with E-state index in [9.17, 15) is 4.79 Å². The molecule has 1 heterocycles. The topological polar surface area (TPSA) is 54.0 Å². The lowest BCUT2D eigenvalue weighted by molar-refractivity contribution is 0.262. The summed E-state index contributed by atoms with van der Waals surface area (Å²) in [5.74, 6) is 0. The summed E-state index contributed by atoms with van der Waals surface area (Å²) in [4.78, 5) is 15.6. The normalized spacial score (nSPS) is 10.0. The van der Waals surface area contributed by atoms with Gasteiger partial charge in [0, 0.05) is 0 Å². The van der Waals surface area contributed by atoms with E-state index in [1.165, 1.54) is 11.3 Å². The van der Waals surface area contributed by atoms with Crippen LogP contribution >= 0.6 is 38.9 Å². The maximum Gasteiger partial charge on any atom is 0.325 e. The summed E-state index contributed by atoms with van der Waals surface area (Å²) in [5.41, 5.74) is 0.558. The smallest absolute Gasteiger partial charge is 0.306 e. The molecule has 0 radical (unpaired) electrons. The van der Waals surface area contributed by atoms with E-state index < -0.39 is 0 Å². The van der Waals surface area contributed by atoms with Gasteiger partial charge in [-0.1, -0.05) is 35.1 Å². The fourth-order valence-electron chi connectivity index (χ4n) is 1.13. The average Bonchev–Trinajstić information content (AvgIpc) is 2.67. The van der Waals surface area contributed by atoms with Gasteiger partial charge in [-0.15, -0.1) is 0 Å². The predicted octanol–water partition coefficient (Wildman–Crippen LogP) is 4.20. The molecule has 0 bridgehead atoms. The van der Waals surface area contributed by atoms with Crippen molar-refractivity contribution in [2.75, 3.05) is 10.6 Å². The number of amides is 2. The molecule has 2 amide bonds. The van der Waals surface area contributed by atoms with E-state index in [0.29, 0.717) is 15.8 Å². The van der Waals surface area contributed by atoms with Crippen molar-refractivity contribution in [1.29, 1.82) is 0 Å². The largest absolute Gasteiger partial charge is 0.325 e. The van der Waals surface area contributed by atoms with Crippen LogP contribution in [0.1, 0.15) is 0 Å². The second-order valence-electron chi connectivity index (χ2n) is 3.03. The minimum atomic E-state index is -0.375. The van der Waals surface area contributed by atoms with Crippen molar-refractivity contribution >= 4 is 55.7 Å². The Kier molecular flexibility index (Phi) is 3.98. The van der Waals surface area contributed by atoms with Gasteiger partial charge in [0.2, 0.25) is 0 Å². The van der Waals surface area contributed by atoms with Crippen LogP contribution in [-0.2, 0) is 0 Å². The first-order valence-electron chi connectivity index (χ1n) is 4.59. The molecule has 0 fully saturated rings. The number of hydrogen-bond acceptors (Lipinski definition) is 3. The van der Waals surface area contributed by atoms with Crippen LogP contribution in [0, 0.1) is 0 Å². The molecular formula is C10H7BrClN3OS. The number of urea groups is 1. The third-order valence-electron chi connectivity index (χ3n) is 1.82. The van der Waals surface area contributed by atoms with Crippen LogP contribution in [0.25, 0.3) is 0 Å². The standard InChI is InChI=1S/C10H7BrClN3OS/c11-8-5-13-10(17-8)15-9(16)14-7-4-2-1-3-6(7)12/h1-5H,(H2,13,14,15,16). The van der Waals surface area contributed by atoms with Gasteiger partial charge in [-0.3, -0.25) is 5.32 Å². The fraction of sp³-hybridized carbons (Fsp3) is 0. The highest BCUT2D eigenvalue weighted by molar-refractivity contribution is 9.11. The molecule has 0 aliphatic rings.